The van der Waals surface area contributed by atoms with Crippen molar-refractivity contribution in [1.82, 2.24) is 9.80 Å². The number of hydrogen-bond donors (Lipinski definition) is 0. The van der Waals surface area contributed by atoms with Gasteiger partial charge in [0.1, 0.15) is 5.82 Å². The topological polar surface area (TPSA) is 57.7 Å². The molecule has 1 aromatic rings. The Morgan fingerprint density at radius 2 is 1.75 bits per heavy atom. The van der Waals surface area contributed by atoms with Crippen LogP contribution >= 0.6 is 0 Å². The quantitative estimate of drug-likeness (QED) is 0.574. The van der Waals surface area contributed by atoms with Crippen LogP contribution in [0.25, 0.3) is 0 Å². The van der Waals surface area contributed by atoms with E-state index >= 15 is 0 Å². The van der Waals surface area contributed by atoms with Crippen molar-refractivity contribution in [3.8, 4) is 0 Å². The number of benzene rings is 1. The Labute approximate surface area is 164 Å². The Morgan fingerprint density at radius 1 is 1.00 bits per heavy atom. The number of nitrogens with zero attached hydrogens (tertiary/aromatic N) is 2. The lowest BCUT2D eigenvalue weighted by Gasteiger charge is -2.41. The number of fused-ring (bicyclic) bond motifs is 2. The zero-order chi connectivity index (χ0) is 19.7. The van der Waals surface area contributed by atoms with E-state index in [0.29, 0.717) is 25.2 Å². The molecular formula is C22H27FN2O3. The van der Waals surface area contributed by atoms with Crippen molar-refractivity contribution in [2.45, 2.75) is 51.4 Å². The highest BCUT2D eigenvalue weighted by Crippen LogP contribution is 2.36. The van der Waals surface area contributed by atoms with Gasteiger partial charge in [-0.25, -0.2) is 4.39 Å². The summed E-state index contributed by atoms with van der Waals surface area (Å²) in [5, 5.41) is 0. The van der Waals surface area contributed by atoms with Crippen LogP contribution in [0.5, 0.6) is 0 Å². The van der Waals surface area contributed by atoms with Crippen LogP contribution in [0.2, 0.25) is 0 Å². The maximum atomic E-state index is 13.3. The number of carbonyl (C=O) groups is 3. The second-order valence-electron chi connectivity index (χ2n) is 8.34. The lowest BCUT2D eigenvalue weighted by Crippen LogP contribution is -2.44. The highest BCUT2D eigenvalue weighted by atomic mass is 19.1. The predicted octanol–water partition coefficient (Wildman–Crippen LogP) is 3.63. The Morgan fingerprint density at radius 3 is 2.57 bits per heavy atom. The summed E-state index contributed by atoms with van der Waals surface area (Å²) >= 11 is 0. The van der Waals surface area contributed by atoms with Gasteiger partial charge in [-0.15, -0.1) is 0 Å². The van der Waals surface area contributed by atoms with E-state index < -0.39 is 11.7 Å². The van der Waals surface area contributed by atoms with Gasteiger partial charge in [0.25, 0.3) is 11.8 Å². The number of hydrogen-bond acceptors (Lipinski definition) is 3. The molecule has 28 heavy (non-hydrogen) atoms. The largest absolute Gasteiger partial charge is 0.342 e. The van der Waals surface area contributed by atoms with Crippen LogP contribution in [0.1, 0.15) is 72.1 Å². The molecule has 2 heterocycles. The number of imide groups is 1. The van der Waals surface area contributed by atoms with Gasteiger partial charge in [0.2, 0.25) is 5.91 Å². The SMILES string of the molecule is O=C(CCCCN1C(=O)c2ccc(F)cc2C1=O)N1CCC2CCCCC2C1. The average Bonchev–Trinajstić information content (AvgIpc) is 2.94. The molecule has 150 valence electrons. The maximum Gasteiger partial charge on any atom is 0.261 e. The molecule has 0 radical (unpaired) electrons. The first-order chi connectivity index (χ1) is 13.5. The fourth-order valence-corrected chi connectivity index (χ4v) is 5.00. The van der Waals surface area contributed by atoms with Gasteiger partial charge >= 0.3 is 0 Å². The van der Waals surface area contributed by atoms with Gasteiger partial charge in [-0.05, 0) is 55.7 Å². The van der Waals surface area contributed by atoms with E-state index in [2.05, 4.69) is 0 Å². The van der Waals surface area contributed by atoms with E-state index in [9.17, 15) is 18.8 Å². The van der Waals surface area contributed by atoms with Gasteiger partial charge in [-0.2, -0.15) is 0 Å². The molecule has 0 N–H and O–H groups in total. The molecule has 6 heteroatoms. The van der Waals surface area contributed by atoms with Crippen LogP contribution in [0, 0.1) is 17.7 Å². The van der Waals surface area contributed by atoms with Gasteiger partial charge in [-0.1, -0.05) is 19.3 Å². The normalized spacial score (nSPS) is 24.3. The zero-order valence-electron chi connectivity index (χ0n) is 16.2. The molecule has 3 aliphatic rings. The van der Waals surface area contributed by atoms with Crippen molar-refractivity contribution < 1.29 is 18.8 Å². The van der Waals surface area contributed by atoms with E-state index in [4.69, 9.17) is 0 Å². The molecule has 2 unspecified atom stereocenters. The minimum absolute atomic E-state index is 0.136. The summed E-state index contributed by atoms with van der Waals surface area (Å²) in [4.78, 5) is 40.4. The lowest BCUT2D eigenvalue weighted by molar-refractivity contribution is -0.134. The first kappa shape index (κ1) is 19.1. The first-order valence-corrected chi connectivity index (χ1v) is 10.5. The average molecular weight is 386 g/mol. The summed E-state index contributed by atoms with van der Waals surface area (Å²) in [5.41, 5.74) is 0.397. The monoisotopic (exact) mass is 386 g/mol. The molecule has 0 aromatic heterocycles. The van der Waals surface area contributed by atoms with E-state index in [1.54, 1.807) is 0 Å². The second kappa shape index (κ2) is 8.02. The predicted molar refractivity (Wildman–Crippen MR) is 102 cm³/mol. The van der Waals surface area contributed by atoms with Gasteiger partial charge in [-0.3, -0.25) is 19.3 Å². The molecule has 0 spiro atoms. The van der Waals surface area contributed by atoms with Crippen molar-refractivity contribution in [2.75, 3.05) is 19.6 Å². The molecule has 3 amide bonds. The van der Waals surface area contributed by atoms with Gasteiger partial charge < -0.3 is 4.90 Å². The Hall–Kier alpha value is -2.24. The fourth-order valence-electron chi connectivity index (χ4n) is 5.00. The number of rotatable bonds is 5. The van der Waals surface area contributed by atoms with Crippen molar-refractivity contribution in [1.29, 1.82) is 0 Å². The van der Waals surface area contributed by atoms with Crippen molar-refractivity contribution in [3.63, 3.8) is 0 Å². The van der Waals surface area contributed by atoms with Crippen LogP contribution in [-0.2, 0) is 4.79 Å². The van der Waals surface area contributed by atoms with Crippen LogP contribution in [0.3, 0.4) is 0 Å². The maximum absolute atomic E-state index is 13.3. The third-order valence-corrected chi connectivity index (χ3v) is 6.60. The molecule has 5 nitrogen and oxygen atoms in total. The third kappa shape index (κ3) is 3.69. The highest BCUT2D eigenvalue weighted by molar-refractivity contribution is 6.21. The number of likely N-dealkylation sites (tertiary alicyclic amines) is 1. The molecule has 1 saturated carbocycles. The van der Waals surface area contributed by atoms with Gasteiger partial charge in [0.15, 0.2) is 0 Å². The smallest absolute Gasteiger partial charge is 0.261 e. The number of carbonyl (C=O) groups excluding carboxylic acids is 3. The summed E-state index contributed by atoms with van der Waals surface area (Å²) in [6.45, 7) is 2.03. The van der Waals surface area contributed by atoms with Crippen molar-refractivity contribution >= 4 is 17.7 Å². The molecule has 1 saturated heterocycles. The Kier molecular flexibility index (Phi) is 5.47. The van der Waals surface area contributed by atoms with E-state index in [0.717, 1.165) is 31.5 Å². The van der Waals surface area contributed by atoms with Crippen LogP contribution in [0.15, 0.2) is 18.2 Å². The van der Waals surface area contributed by atoms with E-state index in [-0.39, 0.29) is 29.5 Å². The van der Waals surface area contributed by atoms with Gasteiger partial charge in [0, 0.05) is 26.1 Å². The minimum atomic E-state index is -0.519. The lowest BCUT2D eigenvalue weighted by atomic mass is 9.75. The summed E-state index contributed by atoms with van der Waals surface area (Å²) in [7, 11) is 0. The Balaban J connectivity index is 1.23. The summed E-state index contributed by atoms with van der Waals surface area (Å²) in [5.74, 6) is 0.333. The summed E-state index contributed by atoms with van der Waals surface area (Å²) in [6, 6.07) is 3.68. The molecule has 2 aliphatic heterocycles. The van der Waals surface area contributed by atoms with Crippen LogP contribution in [-0.4, -0.2) is 47.2 Å². The van der Waals surface area contributed by atoms with Crippen LogP contribution < -0.4 is 0 Å². The second-order valence-corrected chi connectivity index (χ2v) is 8.34. The number of amides is 3. The summed E-state index contributed by atoms with van der Waals surface area (Å²) < 4.78 is 13.3. The first-order valence-electron chi connectivity index (χ1n) is 10.5. The molecule has 1 aliphatic carbocycles. The molecule has 0 bridgehead atoms. The standard InChI is InChI=1S/C22H27FN2O3/c23-17-8-9-18-19(13-17)22(28)25(21(18)27)11-4-3-7-20(26)24-12-10-15-5-1-2-6-16(15)14-24/h8-9,13,15-16H,1-7,10-12,14H2. The molecule has 4 rings (SSSR count). The molecular weight excluding hydrogens is 359 g/mol. The molecule has 2 atom stereocenters. The highest BCUT2D eigenvalue weighted by Gasteiger charge is 2.35. The van der Waals surface area contributed by atoms with Crippen LogP contribution in [0.4, 0.5) is 4.39 Å². The molecule has 1 aromatic carbocycles. The third-order valence-electron chi connectivity index (χ3n) is 6.60. The number of unbranched alkanes of at least 4 members (excludes halogenated alkanes) is 1. The van der Waals surface area contributed by atoms with Crippen molar-refractivity contribution in [2.24, 2.45) is 11.8 Å². The zero-order valence-corrected chi connectivity index (χ0v) is 16.2. The summed E-state index contributed by atoms with van der Waals surface area (Å²) in [6.07, 6.45) is 7.99. The fraction of sp³-hybridized carbons (Fsp3) is 0.591. The Bertz CT molecular complexity index is 794. The van der Waals surface area contributed by atoms with Gasteiger partial charge in [0.05, 0.1) is 11.1 Å². The van der Waals surface area contributed by atoms with Crippen molar-refractivity contribution in [3.05, 3.63) is 35.1 Å². The number of halogens is 1. The molecule has 2 fully saturated rings. The number of piperidine rings is 1. The van der Waals surface area contributed by atoms with E-state index in [1.165, 1.54) is 42.7 Å². The van der Waals surface area contributed by atoms with E-state index in [1.807, 2.05) is 4.90 Å². The minimum Gasteiger partial charge on any atom is -0.342 e.